The molecule has 1 heterocycles. The number of aliphatic hydroxyl groups excluding tert-OH is 1. The van der Waals surface area contributed by atoms with Crippen LogP contribution in [0.25, 0.3) is 0 Å². The Labute approximate surface area is 103 Å². The van der Waals surface area contributed by atoms with Gasteiger partial charge in [-0.05, 0) is 31.4 Å². The second-order valence-electron chi connectivity index (χ2n) is 5.09. The summed E-state index contributed by atoms with van der Waals surface area (Å²) in [4.78, 5) is 2.31. The van der Waals surface area contributed by atoms with Crippen LogP contribution in [0.5, 0.6) is 0 Å². The van der Waals surface area contributed by atoms with E-state index in [9.17, 15) is 5.11 Å². The van der Waals surface area contributed by atoms with Crippen molar-refractivity contribution in [3.8, 4) is 0 Å². The van der Waals surface area contributed by atoms with E-state index in [2.05, 4.69) is 11.8 Å². The van der Waals surface area contributed by atoms with Gasteiger partial charge in [0.1, 0.15) is 0 Å². The highest BCUT2D eigenvalue weighted by atomic mass is 16.3. The molecular weight excluding hydrogens is 212 g/mol. The fraction of sp³-hybridized carbons (Fsp3) is 0.571. The third-order valence-corrected chi connectivity index (χ3v) is 3.67. The Kier molecular flexibility index (Phi) is 4.15. The SMILES string of the molecule is CC(N)C1CCN(CC(O)c2ccccc2)C1. The van der Waals surface area contributed by atoms with Crippen LogP contribution in [0.4, 0.5) is 0 Å². The minimum Gasteiger partial charge on any atom is -0.387 e. The average Bonchev–Trinajstić information content (AvgIpc) is 2.79. The van der Waals surface area contributed by atoms with Crippen LogP contribution in [-0.2, 0) is 0 Å². The first-order valence-corrected chi connectivity index (χ1v) is 6.38. The van der Waals surface area contributed by atoms with Crippen LogP contribution in [0, 0.1) is 5.92 Å². The molecule has 3 heteroatoms. The fourth-order valence-electron chi connectivity index (χ4n) is 2.48. The molecule has 3 nitrogen and oxygen atoms in total. The summed E-state index contributed by atoms with van der Waals surface area (Å²) in [5.41, 5.74) is 6.91. The minimum absolute atomic E-state index is 0.258. The van der Waals surface area contributed by atoms with Crippen LogP contribution in [0.2, 0.25) is 0 Å². The lowest BCUT2D eigenvalue weighted by molar-refractivity contribution is 0.123. The summed E-state index contributed by atoms with van der Waals surface area (Å²) < 4.78 is 0. The molecule has 0 amide bonds. The molecule has 1 fully saturated rings. The fourth-order valence-corrected chi connectivity index (χ4v) is 2.48. The van der Waals surface area contributed by atoms with Gasteiger partial charge in [-0.15, -0.1) is 0 Å². The summed E-state index contributed by atoms with van der Waals surface area (Å²) in [6, 6.07) is 10.1. The van der Waals surface area contributed by atoms with Gasteiger partial charge in [-0.1, -0.05) is 30.3 Å². The van der Waals surface area contributed by atoms with Crippen LogP contribution in [0.3, 0.4) is 0 Å². The molecule has 3 unspecified atom stereocenters. The third kappa shape index (κ3) is 3.28. The van der Waals surface area contributed by atoms with Gasteiger partial charge in [-0.2, -0.15) is 0 Å². The zero-order chi connectivity index (χ0) is 12.3. The van der Waals surface area contributed by atoms with Crippen molar-refractivity contribution in [2.45, 2.75) is 25.5 Å². The van der Waals surface area contributed by atoms with Crippen LogP contribution in [0.1, 0.15) is 25.0 Å². The van der Waals surface area contributed by atoms with Crippen molar-refractivity contribution in [1.29, 1.82) is 0 Å². The molecule has 94 valence electrons. The number of benzene rings is 1. The summed E-state index contributed by atoms with van der Waals surface area (Å²) in [7, 11) is 0. The van der Waals surface area contributed by atoms with Crippen molar-refractivity contribution in [1.82, 2.24) is 4.90 Å². The van der Waals surface area contributed by atoms with E-state index in [4.69, 9.17) is 5.73 Å². The molecule has 0 saturated carbocycles. The Balaban J connectivity index is 1.86. The van der Waals surface area contributed by atoms with Gasteiger partial charge in [0.2, 0.25) is 0 Å². The van der Waals surface area contributed by atoms with Gasteiger partial charge in [0.25, 0.3) is 0 Å². The topological polar surface area (TPSA) is 49.5 Å². The normalized spacial score (nSPS) is 24.8. The first kappa shape index (κ1) is 12.6. The molecule has 0 aromatic heterocycles. The van der Waals surface area contributed by atoms with Crippen molar-refractivity contribution in [2.24, 2.45) is 11.7 Å². The maximum absolute atomic E-state index is 10.1. The molecule has 1 aliphatic rings. The Bertz CT molecular complexity index is 339. The van der Waals surface area contributed by atoms with Crippen LogP contribution in [-0.4, -0.2) is 35.7 Å². The average molecular weight is 234 g/mol. The van der Waals surface area contributed by atoms with E-state index < -0.39 is 0 Å². The first-order chi connectivity index (χ1) is 8.16. The number of rotatable bonds is 4. The molecule has 0 bridgehead atoms. The molecule has 0 radical (unpaired) electrons. The number of likely N-dealkylation sites (tertiary alicyclic amines) is 1. The first-order valence-electron chi connectivity index (χ1n) is 6.38. The van der Waals surface area contributed by atoms with Crippen molar-refractivity contribution >= 4 is 0 Å². The second kappa shape index (κ2) is 5.63. The Hall–Kier alpha value is -0.900. The summed E-state index contributed by atoms with van der Waals surface area (Å²) in [5.74, 6) is 0.581. The number of nitrogens with zero attached hydrogens (tertiary/aromatic N) is 1. The summed E-state index contributed by atoms with van der Waals surface area (Å²) in [5, 5.41) is 10.1. The van der Waals surface area contributed by atoms with E-state index in [1.165, 1.54) is 0 Å². The molecule has 0 aliphatic carbocycles. The van der Waals surface area contributed by atoms with Gasteiger partial charge in [-0.3, -0.25) is 0 Å². The molecule has 2 rings (SSSR count). The Morgan fingerprint density at radius 3 is 2.71 bits per heavy atom. The maximum atomic E-state index is 10.1. The van der Waals surface area contributed by atoms with Crippen molar-refractivity contribution < 1.29 is 5.11 Å². The number of nitrogens with two attached hydrogens (primary N) is 1. The number of β-amino-alcohol motifs (C(OH)–C–C–N with tert-alkyl or cyclic N) is 1. The van der Waals surface area contributed by atoms with E-state index >= 15 is 0 Å². The van der Waals surface area contributed by atoms with E-state index in [-0.39, 0.29) is 12.1 Å². The smallest absolute Gasteiger partial charge is 0.0916 e. The third-order valence-electron chi connectivity index (χ3n) is 3.67. The van der Waals surface area contributed by atoms with Crippen molar-refractivity contribution in [3.63, 3.8) is 0 Å². The van der Waals surface area contributed by atoms with Gasteiger partial charge in [-0.25, -0.2) is 0 Å². The van der Waals surface area contributed by atoms with E-state index in [0.29, 0.717) is 12.5 Å². The predicted octanol–water partition coefficient (Wildman–Crippen LogP) is 1.39. The van der Waals surface area contributed by atoms with Crippen molar-refractivity contribution in [2.75, 3.05) is 19.6 Å². The van der Waals surface area contributed by atoms with Gasteiger partial charge < -0.3 is 15.7 Å². The van der Waals surface area contributed by atoms with E-state index in [1.54, 1.807) is 0 Å². The molecular formula is C14H22N2O. The highest BCUT2D eigenvalue weighted by Gasteiger charge is 2.26. The molecule has 0 spiro atoms. The molecule has 1 aromatic carbocycles. The highest BCUT2D eigenvalue weighted by Crippen LogP contribution is 2.22. The lowest BCUT2D eigenvalue weighted by Crippen LogP contribution is -2.31. The largest absolute Gasteiger partial charge is 0.387 e. The predicted molar refractivity (Wildman–Crippen MR) is 69.6 cm³/mol. The zero-order valence-electron chi connectivity index (χ0n) is 10.4. The molecule has 3 atom stereocenters. The summed E-state index contributed by atoms with van der Waals surface area (Å²) in [6.07, 6.45) is 0.766. The van der Waals surface area contributed by atoms with Crippen molar-refractivity contribution in [3.05, 3.63) is 35.9 Å². The number of hydrogen-bond acceptors (Lipinski definition) is 3. The molecule has 17 heavy (non-hydrogen) atoms. The quantitative estimate of drug-likeness (QED) is 0.827. The van der Waals surface area contributed by atoms with Crippen LogP contribution < -0.4 is 5.73 Å². The van der Waals surface area contributed by atoms with Gasteiger partial charge in [0, 0.05) is 19.1 Å². The molecule has 3 N–H and O–H groups in total. The van der Waals surface area contributed by atoms with Crippen LogP contribution >= 0.6 is 0 Å². The van der Waals surface area contributed by atoms with Gasteiger partial charge in [0.05, 0.1) is 6.10 Å². The molecule has 1 saturated heterocycles. The molecule has 1 aliphatic heterocycles. The molecule has 1 aromatic rings. The van der Waals surface area contributed by atoms with E-state index in [1.807, 2.05) is 30.3 Å². The Morgan fingerprint density at radius 1 is 1.41 bits per heavy atom. The lowest BCUT2D eigenvalue weighted by atomic mass is 10.0. The number of aliphatic hydroxyl groups is 1. The lowest BCUT2D eigenvalue weighted by Gasteiger charge is -2.21. The van der Waals surface area contributed by atoms with Crippen LogP contribution in [0.15, 0.2) is 30.3 Å². The van der Waals surface area contributed by atoms with Gasteiger partial charge >= 0.3 is 0 Å². The highest BCUT2D eigenvalue weighted by molar-refractivity contribution is 5.17. The summed E-state index contributed by atoms with van der Waals surface area (Å²) >= 11 is 0. The Morgan fingerprint density at radius 2 is 2.12 bits per heavy atom. The monoisotopic (exact) mass is 234 g/mol. The number of hydrogen-bond donors (Lipinski definition) is 2. The minimum atomic E-state index is -0.386. The standard InChI is InChI=1S/C14H22N2O/c1-11(15)13-7-8-16(9-13)10-14(17)12-5-3-2-4-6-12/h2-6,11,13-14,17H,7-10,15H2,1H3. The zero-order valence-corrected chi connectivity index (χ0v) is 10.4. The van der Waals surface area contributed by atoms with E-state index in [0.717, 1.165) is 25.1 Å². The summed E-state index contributed by atoms with van der Waals surface area (Å²) in [6.45, 7) is 4.85. The maximum Gasteiger partial charge on any atom is 0.0916 e. The van der Waals surface area contributed by atoms with Gasteiger partial charge in [0.15, 0.2) is 0 Å². The second-order valence-corrected chi connectivity index (χ2v) is 5.09.